The summed E-state index contributed by atoms with van der Waals surface area (Å²) in [5, 5.41) is 5.93. The Morgan fingerprint density at radius 3 is 2.46 bits per heavy atom. The molecular weight excluding hydrogens is 356 g/mol. The maximum absolute atomic E-state index is 12.2. The Morgan fingerprint density at radius 2 is 1.88 bits per heavy atom. The molecule has 1 aliphatic carbocycles. The molecule has 0 radical (unpaired) electrons. The van der Waals surface area contributed by atoms with Crippen molar-refractivity contribution in [2.75, 3.05) is 25.2 Å². The number of carbonyl (C=O) groups excluding carboxylic acids is 2. The number of benzene rings is 1. The number of hydrogen-bond acceptors (Lipinski definition) is 6. The van der Waals surface area contributed by atoms with Crippen molar-refractivity contribution in [2.45, 2.75) is 43.0 Å². The second kappa shape index (κ2) is 8.18. The van der Waals surface area contributed by atoms with Crippen LogP contribution in [0.25, 0.3) is 0 Å². The molecule has 2 atom stereocenters. The third kappa shape index (κ3) is 5.04. The van der Waals surface area contributed by atoms with Gasteiger partial charge in [-0.3, -0.25) is 9.59 Å². The van der Waals surface area contributed by atoms with E-state index in [2.05, 4.69) is 10.6 Å². The lowest BCUT2D eigenvalue weighted by atomic mass is 9.74. The molecule has 2 rings (SSSR count). The van der Waals surface area contributed by atoms with Crippen molar-refractivity contribution < 1.29 is 22.7 Å². The zero-order valence-electron chi connectivity index (χ0n) is 15.4. The lowest BCUT2D eigenvalue weighted by molar-refractivity contribution is -0.150. The van der Waals surface area contributed by atoms with Crippen LogP contribution in [0.1, 0.15) is 32.6 Å². The number of anilines is 1. The Balaban J connectivity index is 1.96. The summed E-state index contributed by atoms with van der Waals surface area (Å²) in [6.07, 6.45) is 4.63. The molecule has 1 amide bonds. The predicted molar refractivity (Wildman–Crippen MR) is 98.6 cm³/mol. The number of sulfone groups is 1. The minimum Gasteiger partial charge on any atom is -0.469 e. The first kappa shape index (κ1) is 20.4. The molecule has 1 saturated carbocycles. The van der Waals surface area contributed by atoms with Gasteiger partial charge in [-0.25, -0.2) is 8.42 Å². The van der Waals surface area contributed by atoms with Gasteiger partial charge in [-0.2, -0.15) is 0 Å². The first-order valence-corrected chi connectivity index (χ1v) is 10.5. The normalized spacial score (nSPS) is 23.3. The Kier molecular flexibility index (Phi) is 6.41. The number of methoxy groups -OCH3 is 1. The summed E-state index contributed by atoms with van der Waals surface area (Å²) in [6, 6.07) is 6.00. The van der Waals surface area contributed by atoms with Crippen LogP contribution in [0.3, 0.4) is 0 Å². The van der Waals surface area contributed by atoms with Crippen LogP contribution in [0.15, 0.2) is 29.2 Å². The highest BCUT2D eigenvalue weighted by molar-refractivity contribution is 7.90. The molecule has 0 heterocycles. The van der Waals surface area contributed by atoms with Crippen LogP contribution in [0, 0.1) is 5.92 Å². The fraction of sp³-hybridized carbons (Fsp3) is 0.556. The smallest absolute Gasteiger partial charge is 0.310 e. The van der Waals surface area contributed by atoms with Gasteiger partial charge in [0.15, 0.2) is 9.84 Å². The summed E-state index contributed by atoms with van der Waals surface area (Å²) in [6.45, 7) is 2.00. The molecule has 26 heavy (non-hydrogen) atoms. The lowest BCUT2D eigenvalue weighted by Gasteiger charge is -2.40. The van der Waals surface area contributed by atoms with Crippen molar-refractivity contribution in [3.8, 4) is 0 Å². The van der Waals surface area contributed by atoms with E-state index in [-0.39, 0.29) is 29.2 Å². The second-order valence-corrected chi connectivity index (χ2v) is 8.95. The molecule has 8 heteroatoms. The molecule has 0 spiro atoms. The van der Waals surface area contributed by atoms with E-state index in [1.165, 1.54) is 19.2 Å². The van der Waals surface area contributed by atoms with Crippen LogP contribution in [0.2, 0.25) is 0 Å². The Labute approximate surface area is 154 Å². The third-order valence-corrected chi connectivity index (χ3v) is 6.04. The van der Waals surface area contributed by atoms with Gasteiger partial charge >= 0.3 is 5.97 Å². The van der Waals surface area contributed by atoms with Gasteiger partial charge < -0.3 is 15.4 Å². The topological polar surface area (TPSA) is 102 Å². The zero-order valence-corrected chi connectivity index (χ0v) is 16.2. The molecule has 0 aromatic heterocycles. The Morgan fingerprint density at radius 1 is 1.23 bits per heavy atom. The molecule has 0 saturated heterocycles. The molecule has 1 aliphatic rings. The first-order chi connectivity index (χ1) is 12.2. The van der Waals surface area contributed by atoms with Crippen molar-refractivity contribution in [3.63, 3.8) is 0 Å². The predicted octanol–water partition coefficient (Wildman–Crippen LogP) is 1.74. The Bertz CT molecular complexity index is 760. The van der Waals surface area contributed by atoms with Gasteiger partial charge in [0.05, 0.1) is 24.5 Å². The van der Waals surface area contributed by atoms with Crippen molar-refractivity contribution in [1.29, 1.82) is 0 Å². The highest BCUT2D eigenvalue weighted by Crippen LogP contribution is 2.34. The van der Waals surface area contributed by atoms with Crippen LogP contribution >= 0.6 is 0 Å². The summed E-state index contributed by atoms with van der Waals surface area (Å²) >= 11 is 0. The van der Waals surface area contributed by atoms with Crippen LogP contribution in [-0.4, -0.2) is 45.7 Å². The molecule has 0 unspecified atom stereocenters. The SMILES string of the molecule is COC(=O)[C@@H]1CCCC[C@]1(C)NCC(=O)Nc1ccc(S(C)(=O)=O)cc1. The van der Waals surface area contributed by atoms with Crippen molar-refractivity contribution in [1.82, 2.24) is 5.32 Å². The van der Waals surface area contributed by atoms with E-state index in [1.54, 1.807) is 12.1 Å². The van der Waals surface area contributed by atoms with E-state index in [0.29, 0.717) is 5.69 Å². The number of amides is 1. The van der Waals surface area contributed by atoms with Crippen LogP contribution in [-0.2, 0) is 24.2 Å². The molecule has 2 N–H and O–H groups in total. The molecule has 144 valence electrons. The highest BCUT2D eigenvalue weighted by atomic mass is 32.2. The minimum absolute atomic E-state index is 0.0534. The number of ether oxygens (including phenoxy) is 1. The summed E-state index contributed by atoms with van der Waals surface area (Å²) in [5.74, 6) is -0.785. The first-order valence-electron chi connectivity index (χ1n) is 8.58. The van der Waals surface area contributed by atoms with E-state index >= 15 is 0 Å². The monoisotopic (exact) mass is 382 g/mol. The number of carbonyl (C=O) groups is 2. The highest BCUT2D eigenvalue weighted by Gasteiger charge is 2.41. The zero-order chi connectivity index (χ0) is 19.4. The van der Waals surface area contributed by atoms with Crippen LogP contribution in [0.4, 0.5) is 5.69 Å². The summed E-state index contributed by atoms with van der Waals surface area (Å²) in [4.78, 5) is 24.4. The lowest BCUT2D eigenvalue weighted by Crippen LogP contribution is -2.55. The number of esters is 1. The Hall–Kier alpha value is -1.93. The molecule has 1 aromatic carbocycles. The van der Waals surface area contributed by atoms with E-state index in [1.807, 2.05) is 6.92 Å². The van der Waals surface area contributed by atoms with Crippen LogP contribution < -0.4 is 10.6 Å². The summed E-state index contributed by atoms with van der Waals surface area (Å²) in [5.41, 5.74) is 0.0329. The van der Waals surface area contributed by atoms with E-state index in [9.17, 15) is 18.0 Å². The molecular formula is C18H26N2O5S. The average Bonchev–Trinajstić information content (AvgIpc) is 2.59. The quantitative estimate of drug-likeness (QED) is 0.727. The second-order valence-electron chi connectivity index (χ2n) is 6.94. The standard InChI is InChI=1S/C18H26N2O5S/c1-18(11-5-4-6-15(18)17(22)25-2)19-12-16(21)20-13-7-9-14(10-8-13)26(3,23)24/h7-10,15,19H,4-6,11-12H2,1-3H3,(H,20,21)/t15-,18-/m0/s1. The van der Waals surface area contributed by atoms with Gasteiger partial charge in [0.25, 0.3) is 0 Å². The largest absolute Gasteiger partial charge is 0.469 e. The summed E-state index contributed by atoms with van der Waals surface area (Å²) in [7, 11) is -1.89. The maximum Gasteiger partial charge on any atom is 0.310 e. The van der Waals surface area contributed by atoms with Gasteiger partial charge in [0, 0.05) is 17.5 Å². The number of rotatable bonds is 6. The van der Waals surface area contributed by atoms with Gasteiger partial charge in [-0.05, 0) is 44.0 Å². The summed E-state index contributed by atoms with van der Waals surface area (Å²) < 4.78 is 27.8. The number of hydrogen-bond donors (Lipinski definition) is 2. The van der Waals surface area contributed by atoms with Gasteiger partial charge in [0.1, 0.15) is 0 Å². The van der Waals surface area contributed by atoms with E-state index < -0.39 is 15.4 Å². The van der Waals surface area contributed by atoms with Gasteiger partial charge in [-0.15, -0.1) is 0 Å². The van der Waals surface area contributed by atoms with E-state index in [4.69, 9.17) is 4.74 Å². The average molecular weight is 382 g/mol. The van der Waals surface area contributed by atoms with E-state index in [0.717, 1.165) is 31.9 Å². The fourth-order valence-electron chi connectivity index (χ4n) is 3.34. The minimum atomic E-state index is -3.27. The number of nitrogens with one attached hydrogen (secondary N) is 2. The van der Waals surface area contributed by atoms with Gasteiger partial charge in [0.2, 0.25) is 5.91 Å². The fourth-order valence-corrected chi connectivity index (χ4v) is 3.97. The van der Waals surface area contributed by atoms with Crippen molar-refractivity contribution >= 4 is 27.4 Å². The molecule has 0 bridgehead atoms. The van der Waals surface area contributed by atoms with Crippen molar-refractivity contribution in [3.05, 3.63) is 24.3 Å². The molecule has 1 aromatic rings. The molecule has 7 nitrogen and oxygen atoms in total. The maximum atomic E-state index is 12.2. The molecule has 1 fully saturated rings. The third-order valence-electron chi connectivity index (χ3n) is 4.91. The van der Waals surface area contributed by atoms with Gasteiger partial charge in [-0.1, -0.05) is 12.8 Å². The van der Waals surface area contributed by atoms with Crippen LogP contribution in [0.5, 0.6) is 0 Å². The molecule has 0 aliphatic heterocycles. The van der Waals surface area contributed by atoms with Crippen molar-refractivity contribution in [2.24, 2.45) is 5.92 Å².